The van der Waals surface area contributed by atoms with Crippen molar-refractivity contribution in [1.82, 2.24) is 10.2 Å². The van der Waals surface area contributed by atoms with E-state index in [9.17, 15) is 14.4 Å². The van der Waals surface area contributed by atoms with Gasteiger partial charge < -0.3 is 15.3 Å². The van der Waals surface area contributed by atoms with Crippen LogP contribution in [0.1, 0.15) is 45.4 Å². The lowest BCUT2D eigenvalue weighted by atomic mass is 9.94. The lowest BCUT2D eigenvalue weighted by Crippen LogP contribution is -2.43. The summed E-state index contributed by atoms with van der Waals surface area (Å²) in [7, 11) is 0. The maximum absolute atomic E-state index is 12.0. The number of hydrogen-bond donors (Lipinski definition) is 2. The second kappa shape index (κ2) is 6.24. The molecule has 2 aliphatic rings. The van der Waals surface area contributed by atoms with Gasteiger partial charge in [0.05, 0.1) is 5.92 Å². The summed E-state index contributed by atoms with van der Waals surface area (Å²) in [6.07, 6.45) is 5.74. The van der Waals surface area contributed by atoms with Crippen molar-refractivity contribution in [3.05, 3.63) is 0 Å². The SMILES string of the molecule is CC(NC(=O)C1CC(=O)N(C2CCCCC2)C1)C(=O)O. The fraction of sp³-hybridized carbons (Fsp3) is 0.786. The van der Waals surface area contributed by atoms with Gasteiger partial charge in [0.15, 0.2) is 0 Å². The topological polar surface area (TPSA) is 86.7 Å². The number of carbonyl (C=O) groups excluding carboxylic acids is 2. The fourth-order valence-electron chi connectivity index (χ4n) is 3.05. The van der Waals surface area contributed by atoms with Gasteiger partial charge in [-0.25, -0.2) is 0 Å². The number of amides is 2. The summed E-state index contributed by atoms with van der Waals surface area (Å²) < 4.78 is 0. The van der Waals surface area contributed by atoms with Crippen molar-refractivity contribution in [2.24, 2.45) is 5.92 Å². The van der Waals surface area contributed by atoms with Gasteiger partial charge in [-0.15, -0.1) is 0 Å². The van der Waals surface area contributed by atoms with E-state index in [1.54, 1.807) is 0 Å². The first-order valence-corrected chi connectivity index (χ1v) is 7.31. The van der Waals surface area contributed by atoms with E-state index in [2.05, 4.69) is 5.32 Å². The van der Waals surface area contributed by atoms with Crippen molar-refractivity contribution in [1.29, 1.82) is 0 Å². The molecule has 2 fully saturated rings. The van der Waals surface area contributed by atoms with E-state index >= 15 is 0 Å². The molecule has 2 atom stereocenters. The average molecular weight is 282 g/mol. The normalized spacial score (nSPS) is 25.6. The number of carbonyl (C=O) groups is 3. The van der Waals surface area contributed by atoms with E-state index in [4.69, 9.17) is 5.11 Å². The largest absolute Gasteiger partial charge is 0.480 e. The van der Waals surface area contributed by atoms with Gasteiger partial charge in [-0.05, 0) is 19.8 Å². The molecule has 0 aromatic heterocycles. The van der Waals surface area contributed by atoms with Crippen LogP contribution in [0.2, 0.25) is 0 Å². The zero-order chi connectivity index (χ0) is 14.7. The number of carboxylic acids is 1. The molecule has 0 radical (unpaired) electrons. The van der Waals surface area contributed by atoms with Gasteiger partial charge >= 0.3 is 5.97 Å². The molecule has 0 aromatic rings. The highest BCUT2D eigenvalue weighted by atomic mass is 16.4. The summed E-state index contributed by atoms with van der Waals surface area (Å²) in [6, 6.07) is -0.646. The van der Waals surface area contributed by atoms with E-state index in [0.717, 1.165) is 25.7 Å². The van der Waals surface area contributed by atoms with Crippen molar-refractivity contribution in [2.45, 2.75) is 57.5 Å². The van der Waals surface area contributed by atoms with Crippen LogP contribution in [0.15, 0.2) is 0 Å². The summed E-state index contributed by atoms with van der Waals surface area (Å²) in [6.45, 7) is 1.86. The van der Waals surface area contributed by atoms with Gasteiger partial charge in [0.1, 0.15) is 6.04 Å². The molecule has 1 heterocycles. The van der Waals surface area contributed by atoms with Crippen LogP contribution in [-0.2, 0) is 14.4 Å². The van der Waals surface area contributed by atoms with Gasteiger partial charge in [0, 0.05) is 19.0 Å². The van der Waals surface area contributed by atoms with E-state index in [1.807, 2.05) is 4.90 Å². The summed E-state index contributed by atoms with van der Waals surface area (Å²) in [4.78, 5) is 36.6. The maximum Gasteiger partial charge on any atom is 0.325 e. The Balaban J connectivity index is 1.90. The average Bonchev–Trinajstić information content (AvgIpc) is 2.81. The molecule has 2 rings (SSSR count). The first kappa shape index (κ1) is 14.8. The lowest BCUT2D eigenvalue weighted by Gasteiger charge is -2.31. The lowest BCUT2D eigenvalue weighted by molar-refractivity contribution is -0.141. The Labute approximate surface area is 118 Å². The molecule has 2 unspecified atom stereocenters. The van der Waals surface area contributed by atoms with Crippen LogP contribution in [-0.4, -0.2) is 46.4 Å². The highest BCUT2D eigenvalue weighted by molar-refractivity contribution is 5.91. The van der Waals surface area contributed by atoms with Crippen molar-refractivity contribution in [2.75, 3.05) is 6.54 Å². The number of likely N-dealkylation sites (tertiary alicyclic amines) is 1. The van der Waals surface area contributed by atoms with Crippen molar-refractivity contribution in [3.8, 4) is 0 Å². The second-order valence-electron chi connectivity index (χ2n) is 5.81. The van der Waals surface area contributed by atoms with Gasteiger partial charge in [-0.2, -0.15) is 0 Å². The third-order valence-corrected chi connectivity index (χ3v) is 4.27. The second-order valence-corrected chi connectivity index (χ2v) is 5.81. The monoisotopic (exact) mass is 282 g/mol. The Kier molecular flexibility index (Phi) is 4.62. The predicted molar refractivity (Wildman–Crippen MR) is 71.9 cm³/mol. The Morgan fingerprint density at radius 2 is 1.95 bits per heavy atom. The molecule has 6 nitrogen and oxygen atoms in total. The van der Waals surface area contributed by atoms with Crippen LogP contribution in [0.4, 0.5) is 0 Å². The molecule has 1 aliphatic carbocycles. The van der Waals surface area contributed by atoms with E-state index in [0.29, 0.717) is 6.54 Å². The molecule has 2 N–H and O–H groups in total. The Bertz CT molecular complexity index is 404. The Morgan fingerprint density at radius 3 is 2.55 bits per heavy atom. The molecule has 1 saturated heterocycles. The first-order valence-electron chi connectivity index (χ1n) is 7.31. The Morgan fingerprint density at radius 1 is 1.30 bits per heavy atom. The molecule has 6 heteroatoms. The molecule has 112 valence electrons. The first-order chi connectivity index (χ1) is 9.49. The van der Waals surface area contributed by atoms with Crippen LogP contribution in [0.25, 0.3) is 0 Å². The van der Waals surface area contributed by atoms with Crippen LogP contribution in [0, 0.1) is 5.92 Å². The van der Waals surface area contributed by atoms with Gasteiger partial charge in [0.25, 0.3) is 0 Å². The smallest absolute Gasteiger partial charge is 0.325 e. The molecule has 1 aliphatic heterocycles. The van der Waals surface area contributed by atoms with Crippen LogP contribution >= 0.6 is 0 Å². The van der Waals surface area contributed by atoms with Gasteiger partial charge in [0.2, 0.25) is 11.8 Å². The molecule has 2 amide bonds. The zero-order valence-corrected chi connectivity index (χ0v) is 11.8. The zero-order valence-electron chi connectivity index (χ0n) is 11.8. The number of rotatable bonds is 4. The highest BCUT2D eigenvalue weighted by Crippen LogP contribution is 2.28. The summed E-state index contributed by atoms with van der Waals surface area (Å²) in [5.41, 5.74) is 0. The third kappa shape index (κ3) is 3.29. The molecule has 20 heavy (non-hydrogen) atoms. The molecule has 1 saturated carbocycles. The van der Waals surface area contributed by atoms with Crippen LogP contribution in [0.3, 0.4) is 0 Å². The summed E-state index contributed by atoms with van der Waals surface area (Å²) >= 11 is 0. The number of nitrogens with zero attached hydrogens (tertiary/aromatic N) is 1. The van der Waals surface area contributed by atoms with E-state index in [1.165, 1.54) is 13.3 Å². The quantitative estimate of drug-likeness (QED) is 0.797. The van der Waals surface area contributed by atoms with Crippen LogP contribution in [0.5, 0.6) is 0 Å². The number of carboxylic acid groups (broad SMARTS) is 1. The van der Waals surface area contributed by atoms with Gasteiger partial charge in [-0.1, -0.05) is 19.3 Å². The predicted octanol–water partition coefficient (Wildman–Crippen LogP) is 0.757. The molecule has 0 spiro atoms. The van der Waals surface area contributed by atoms with E-state index < -0.39 is 17.9 Å². The van der Waals surface area contributed by atoms with Crippen molar-refractivity contribution >= 4 is 17.8 Å². The molecular weight excluding hydrogens is 260 g/mol. The minimum absolute atomic E-state index is 0.0278. The van der Waals surface area contributed by atoms with Crippen LogP contribution < -0.4 is 5.32 Å². The number of hydrogen-bond acceptors (Lipinski definition) is 3. The number of aliphatic carboxylic acids is 1. The molecule has 0 aromatic carbocycles. The number of nitrogens with one attached hydrogen (secondary N) is 1. The van der Waals surface area contributed by atoms with Crippen molar-refractivity contribution < 1.29 is 19.5 Å². The Hall–Kier alpha value is -1.59. The van der Waals surface area contributed by atoms with Gasteiger partial charge in [-0.3, -0.25) is 14.4 Å². The standard InChI is InChI=1S/C14H22N2O4/c1-9(14(19)20)15-13(18)10-7-12(17)16(8-10)11-5-3-2-4-6-11/h9-11H,2-8H2,1H3,(H,15,18)(H,19,20). The summed E-state index contributed by atoms with van der Waals surface area (Å²) in [5.74, 6) is -1.77. The minimum atomic E-state index is -1.06. The minimum Gasteiger partial charge on any atom is -0.480 e. The third-order valence-electron chi connectivity index (χ3n) is 4.27. The summed E-state index contributed by atoms with van der Waals surface area (Å²) in [5, 5.41) is 11.2. The maximum atomic E-state index is 12.0. The van der Waals surface area contributed by atoms with Crippen molar-refractivity contribution in [3.63, 3.8) is 0 Å². The fourth-order valence-corrected chi connectivity index (χ4v) is 3.05. The van der Waals surface area contributed by atoms with E-state index in [-0.39, 0.29) is 24.3 Å². The molecule has 0 bridgehead atoms. The molecular formula is C14H22N2O4. The highest BCUT2D eigenvalue weighted by Gasteiger charge is 2.38.